The molecule has 1 aliphatic rings. The summed E-state index contributed by atoms with van der Waals surface area (Å²) < 4.78 is 0. The smallest absolute Gasteiger partial charge is 0.226 e. The van der Waals surface area contributed by atoms with Gasteiger partial charge < -0.3 is 16.8 Å². The lowest BCUT2D eigenvalue weighted by molar-refractivity contribution is -0.116. The van der Waals surface area contributed by atoms with Gasteiger partial charge in [0.05, 0.1) is 0 Å². The number of amides is 1. The number of hydrogen-bond donors (Lipinski definition) is 3. The Kier molecular flexibility index (Phi) is 3.01. The Hall–Kier alpha value is -2.63. The molecular formula is C15H17N5O. The molecule has 0 fully saturated rings. The van der Waals surface area contributed by atoms with Gasteiger partial charge in [0.25, 0.3) is 0 Å². The average molecular weight is 283 g/mol. The van der Waals surface area contributed by atoms with Crippen LogP contribution < -0.4 is 16.8 Å². The molecule has 1 aromatic carbocycles. The van der Waals surface area contributed by atoms with Crippen LogP contribution in [-0.2, 0) is 4.79 Å². The van der Waals surface area contributed by atoms with Crippen molar-refractivity contribution in [3.8, 4) is 0 Å². The van der Waals surface area contributed by atoms with E-state index in [2.05, 4.69) is 21.4 Å². The first-order valence-electron chi connectivity index (χ1n) is 6.75. The van der Waals surface area contributed by atoms with Gasteiger partial charge in [-0.25, -0.2) is 0 Å². The number of hydrogen-bond acceptors (Lipinski definition) is 5. The monoisotopic (exact) mass is 283 g/mol. The minimum Gasteiger partial charge on any atom is -0.383 e. The topological polar surface area (TPSA) is 107 Å². The molecule has 0 radical (unpaired) electrons. The van der Waals surface area contributed by atoms with Crippen molar-refractivity contribution in [1.82, 2.24) is 9.97 Å². The molecule has 5 N–H and O–H groups in total. The Labute approximate surface area is 122 Å². The molecule has 0 spiro atoms. The van der Waals surface area contributed by atoms with Crippen LogP contribution in [0.25, 0.3) is 0 Å². The Morgan fingerprint density at radius 1 is 1.24 bits per heavy atom. The van der Waals surface area contributed by atoms with Crippen LogP contribution in [0.1, 0.15) is 34.6 Å². The maximum Gasteiger partial charge on any atom is 0.226 e. The van der Waals surface area contributed by atoms with Gasteiger partial charge in [0.15, 0.2) is 0 Å². The van der Waals surface area contributed by atoms with E-state index in [1.54, 1.807) is 0 Å². The van der Waals surface area contributed by atoms with Gasteiger partial charge >= 0.3 is 0 Å². The summed E-state index contributed by atoms with van der Waals surface area (Å²) in [7, 11) is 0. The normalized spacial score (nSPS) is 17.2. The number of benzene rings is 1. The number of nitrogens with zero attached hydrogens (tertiary/aromatic N) is 2. The highest BCUT2D eigenvalue weighted by atomic mass is 16.1. The van der Waals surface area contributed by atoms with Crippen LogP contribution in [0.5, 0.6) is 0 Å². The van der Waals surface area contributed by atoms with Crippen LogP contribution in [0.3, 0.4) is 0 Å². The molecule has 1 atom stereocenters. The first kappa shape index (κ1) is 13.4. The van der Waals surface area contributed by atoms with E-state index in [1.165, 1.54) is 5.56 Å². The fourth-order valence-electron chi connectivity index (χ4n) is 2.90. The van der Waals surface area contributed by atoms with Gasteiger partial charge in [0.1, 0.15) is 11.6 Å². The zero-order valence-electron chi connectivity index (χ0n) is 12.0. The highest BCUT2D eigenvalue weighted by molar-refractivity contribution is 5.95. The van der Waals surface area contributed by atoms with Gasteiger partial charge in [-0.2, -0.15) is 9.97 Å². The SMILES string of the molecule is Cc1ccc([C@H]2CC(=O)Nc3nc(N)nc(N)c32)c(C)c1. The number of aryl methyl sites for hydroxylation is 2. The van der Waals surface area contributed by atoms with Crippen molar-refractivity contribution in [1.29, 1.82) is 0 Å². The number of nitrogen functional groups attached to an aromatic ring is 2. The lowest BCUT2D eigenvalue weighted by atomic mass is 9.83. The quantitative estimate of drug-likeness (QED) is 0.739. The molecule has 21 heavy (non-hydrogen) atoms. The highest BCUT2D eigenvalue weighted by Crippen LogP contribution is 2.40. The molecule has 6 nitrogen and oxygen atoms in total. The first-order chi connectivity index (χ1) is 9.95. The standard InChI is InChI=1S/C15H17N5O/c1-7-3-4-9(8(2)5-7)10-6-11(21)18-14-12(10)13(16)19-15(17)20-14/h3-5,10H,6H2,1-2H3,(H5,16,17,18,19,20,21)/t10-/m1/s1. The summed E-state index contributed by atoms with van der Waals surface area (Å²) in [5, 5.41) is 2.72. The van der Waals surface area contributed by atoms with Crippen molar-refractivity contribution in [2.24, 2.45) is 0 Å². The van der Waals surface area contributed by atoms with E-state index in [-0.39, 0.29) is 17.8 Å². The van der Waals surface area contributed by atoms with Gasteiger partial charge in [0.2, 0.25) is 11.9 Å². The minimum atomic E-state index is -0.144. The highest BCUT2D eigenvalue weighted by Gasteiger charge is 2.31. The fourth-order valence-corrected chi connectivity index (χ4v) is 2.90. The molecule has 1 aromatic heterocycles. The minimum absolute atomic E-state index is 0.0628. The van der Waals surface area contributed by atoms with E-state index < -0.39 is 0 Å². The molecule has 0 aliphatic carbocycles. The number of nitrogens with one attached hydrogen (secondary N) is 1. The number of carbonyl (C=O) groups is 1. The molecule has 0 bridgehead atoms. The Balaban J connectivity index is 2.19. The maximum absolute atomic E-state index is 12.0. The van der Waals surface area contributed by atoms with Crippen molar-refractivity contribution < 1.29 is 4.79 Å². The summed E-state index contributed by atoms with van der Waals surface area (Å²) in [6.07, 6.45) is 0.328. The molecule has 108 valence electrons. The summed E-state index contributed by atoms with van der Waals surface area (Å²) in [6, 6.07) is 6.16. The molecule has 2 aromatic rings. The van der Waals surface area contributed by atoms with E-state index in [1.807, 2.05) is 26.0 Å². The Morgan fingerprint density at radius 2 is 2.00 bits per heavy atom. The predicted molar refractivity (Wildman–Crippen MR) is 81.9 cm³/mol. The lowest BCUT2D eigenvalue weighted by Crippen LogP contribution is -2.27. The molecule has 0 saturated heterocycles. The third-order valence-electron chi connectivity index (χ3n) is 3.79. The lowest BCUT2D eigenvalue weighted by Gasteiger charge is -2.27. The number of fused-ring (bicyclic) bond motifs is 1. The largest absolute Gasteiger partial charge is 0.383 e. The summed E-state index contributed by atoms with van der Waals surface area (Å²) in [4.78, 5) is 20.1. The van der Waals surface area contributed by atoms with E-state index in [9.17, 15) is 4.79 Å². The maximum atomic E-state index is 12.0. The van der Waals surface area contributed by atoms with Crippen LogP contribution in [0.2, 0.25) is 0 Å². The summed E-state index contributed by atoms with van der Waals surface area (Å²) >= 11 is 0. The van der Waals surface area contributed by atoms with Crippen LogP contribution in [0.4, 0.5) is 17.6 Å². The third-order valence-corrected chi connectivity index (χ3v) is 3.79. The van der Waals surface area contributed by atoms with Crippen LogP contribution in [-0.4, -0.2) is 15.9 Å². The number of aromatic nitrogens is 2. The van der Waals surface area contributed by atoms with Crippen molar-refractivity contribution in [3.63, 3.8) is 0 Å². The second-order valence-corrected chi connectivity index (χ2v) is 5.39. The Morgan fingerprint density at radius 3 is 2.71 bits per heavy atom. The summed E-state index contributed by atoms with van der Waals surface area (Å²) in [5.74, 6) is 0.566. The number of nitrogens with two attached hydrogens (primary N) is 2. The average Bonchev–Trinajstić information content (AvgIpc) is 2.36. The summed E-state index contributed by atoms with van der Waals surface area (Å²) in [5.41, 5.74) is 15.7. The van der Waals surface area contributed by atoms with Gasteiger partial charge in [-0.1, -0.05) is 23.8 Å². The van der Waals surface area contributed by atoms with E-state index in [0.717, 1.165) is 16.7 Å². The van der Waals surface area contributed by atoms with Crippen LogP contribution in [0.15, 0.2) is 18.2 Å². The van der Waals surface area contributed by atoms with Crippen LogP contribution in [0, 0.1) is 13.8 Å². The van der Waals surface area contributed by atoms with Crippen LogP contribution >= 0.6 is 0 Å². The molecule has 0 saturated carbocycles. The van der Waals surface area contributed by atoms with Crippen molar-refractivity contribution in [2.45, 2.75) is 26.2 Å². The zero-order chi connectivity index (χ0) is 15.1. The summed E-state index contributed by atoms with van der Waals surface area (Å²) in [6.45, 7) is 4.07. The van der Waals surface area contributed by atoms with Gasteiger partial charge in [-0.05, 0) is 25.0 Å². The molecule has 1 amide bonds. The molecule has 1 aliphatic heterocycles. The fraction of sp³-hybridized carbons (Fsp3) is 0.267. The molecule has 3 rings (SSSR count). The van der Waals surface area contributed by atoms with Gasteiger partial charge in [-0.15, -0.1) is 0 Å². The molecule has 0 unspecified atom stereocenters. The third kappa shape index (κ3) is 2.29. The number of rotatable bonds is 1. The zero-order valence-corrected chi connectivity index (χ0v) is 12.0. The van der Waals surface area contributed by atoms with Gasteiger partial charge in [-0.3, -0.25) is 4.79 Å². The second-order valence-electron chi connectivity index (χ2n) is 5.39. The first-order valence-corrected chi connectivity index (χ1v) is 6.75. The van der Waals surface area contributed by atoms with Crippen molar-refractivity contribution >= 4 is 23.5 Å². The molecule has 6 heteroatoms. The predicted octanol–water partition coefficient (Wildman–Crippen LogP) is 1.73. The van der Waals surface area contributed by atoms with Gasteiger partial charge in [0, 0.05) is 17.9 Å². The number of anilines is 3. The van der Waals surface area contributed by atoms with Crippen molar-refractivity contribution in [3.05, 3.63) is 40.5 Å². The second kappa shape index (κ2) is 4.73. The van der Waals surface area contributed by atoms with E-state index >= 15 is 0 Å². The van der Waals surface area contributed by atoms with E-state index in [0.29, 0.717) is 18.1 Å². The van der Waals surface area contributed by atoms with Crippen molar-refractivity contribution in [2.75, 3.05) is 16.8 Å². The number of carbonyl (C=O) groups excluding carboxylic acids is 1. The van der Waals surface area contributed by atoms with E-state index in [4.69, 9.17) is 11.5 Å². The molecular weight excluding hydrogens is 266 g/mol. The molecule has 2 heterocycles. The Bertz CT molecular complexity index is 741.